The third-order valence-electron chi connectivity index (χ3n) is 3.05. The number of carbonyl (C=O) groups is 1. The van der Waals surface area contributed by atoms with Crippen LogP contribution in [-0.2, 0) is 0 Å². The fourth-order valence-corrected chi connectivity index (χ4v) is 2.04. The van der Waals surface area contributed by atoms with Gasteiger partial charge in [-0.05, 0) is 26.0 Å². The topological polar surface area (TPSA) is 65.2 Å². The van der Waals surface area contributed by atoms with Crippen LogP contribution in [0.5, 0.6) is 0 Å². The Bertz CT molecular complexity index is 486. The first kappa shape index (κ1) is 14.7. The zero-order valence-corrected chi connectivity index (χ0v) is 11.3. The number of aromatic amines is 1. The predicted molar refractivity (Wildman–Crippen MR) is 72.4 cm³/mol. The van der Waals surface area contributed by atoms with Crippen LogP contribution in [0.2, 0.25) is 0 Å². The first-order valence-electron chi connectivity index (χ1n) is 5.81. The summed E-state index contributed by atoms with van der Waals surface area (Å²) in [6.45, 7) is 5.97. The summed E-state index contributed by atoms with van der Waals surface area (Å²) in [5.41, 5.74) is 0.685. The minimum Gasteiger partial charge on any atom is -0.333 e. The first-order valence-corrected chi connectivity index (χ1v) is 5.81. The maximum Gasteiger partial charge on any atom is 0.260 e. The van der Waals surface area contributed by atoms with E-state index in [2.05, 4.69) is 10.3 Å². The number of hydrogen-bond acceptors (Lipinski definition) is 3. The van der Waals surface area contributed by atoms with Crippen molar-refractivity contribution >= 4 is 18.3 Å². The van der Waals surface area contributed by atoms with Gasteiger partial charge in [0, 0.05) is 31.4 Å². The zero-order chi connectivity index (χ0) is 12.4. The zero-order valence-electron chi connectivity index (χ0n) is 10.5. The fourth-order valence-electron chi connectivity index (χ4n) is 2.04. The molecule has 0 bridgehead atoms. The summed E-state index contributed by atoms with van der Waals surface area (Å²) in [5.74, 6) is -0.180. The van der Waals surface area contributed by atoms with Crippen molar-refractivity contribution in [3.05, 3.63) is 33.7 Å². The summed E-state index contributed by atoms with van der Waals surface area (Å²) in [5, 5.41) is 3.21. The second-order valence-corrected chi connectivity index (χ2v) is 4.44. The minimum atomic E-state index is -0.305. The number of aryl methyl sites for hydroxylation is 1. The quantitative estimate of drug-likeness (QED) is 0.784. The Hall–Kier alpha value is -1.33. The monoisotopic (exact) mass is 271 g/mol. The average Bonchev–Trinajstić information content (AvgIpc) is 2.29. The van der Waals surface area contributed by atoms with Crippen molar-refractivity contribution in [1.29, 1.82) is 0 Å². The molecule has 0 aliphatic carbocycles. The summed E-state index contributed by atoms with van der Waals surface area (Å²) < 4.78 is 0. The standard InChI is InChI=1S/C12H17N3O2.ClH/c1-8-3-4-10(11(16)14-8)12(17)15-6-5-13-7-9(15)2;/h3-4,9,13H,5-7H2,1-2H3,(H,14,16);1H/t9-;/m0./s1. The summed E-state index contributed by atoms with van der Waals surface area (Å²) >= 11 is 0. The fraction of sp³-hybridized carbons (Fsp3) is 0.500. The number of halogens is 1. The number of hydrogen-bond donors (Lipinski definition) is 2. The first-order chi connectivity index (χ1) is 8.09. The Labute approximate surface area is 112 Å². The third-order valence-corrected chi connectivity index (χ3v) is 3.05. The smallest absolute Gasteiger partial charge is 0.260 e. The number of rotatable bonds is 1. The van der Waals surface area contributed by atoms with Crippen LogP contribution < -0.4 is 10.9 Å². The van der Waals surface area contributed by atoms with Crippen LogP contribution in [0.15, 0.2) is 16.9 Å². The van der Waals surface area contributed by atoms with Gasteiger partial charge < -0.3 is 15.2 Å². The molecule has 1 saturated heterocycles. The van der Waals surface area contributed by atoms with Gasteiger partial charge in [0.15, 0.2) is 0 Å². The van der Waals surface area contributed by atoms with Crippen LogP contribution >= 0.6 is 12.4 Å². The van der Waals surface area contributed by atoms with Gasteiger partial charge >= 0.3 is 0 Å². The van der Waals surface area contributed by atoms with Crippen LogP contribution in [-0.4, -0.2) is 41.5 Å². The molecule has 1 aliphatic rings. The predicted octanol–water partition coefficient (Wildman–Crippen LogP) is 0.539. The summed E-state index contributed by atoms with van der Waals surface area (Å²) in [7, 11) is 0. The lowest BCUT2D eigenvalue weighted by Gasteiger charge is -2.33. The van der Waals surface area contributed by atoms with Crippen LogP contribution in [0.1, 0.15) is 23.0 Å². The van der Waals surface area contributed by atoms with Crippen molar-refractivity contribution in [2.45, 2.75) is 19.9 Å². The van der Waals surface area contributed by atoms with E-state index in [1.807, 2.05) is 6.92 Å². The van der Waals surface area contributed by atoms with Gasteiger partial charge in [0.05, 0.1) is 0 Å². The Kier molecular flexibility index (Phi) is 4.93. The molecule has 0 unspecified atom stereocenters. The molecule has 1 fully saturated rings. The number of nitrogens with zero attached hydrogens (tertiary/aromatic N) is 1. The molecule has 1 aromatic heterocycles. The molecular formula is C12H18ClN3O2. The van der Waals surface area contributed by atoms with Gasteiger partial charge in [-0.2, -0.15) is 0 Å². The molecular weight excluding hydrogens is 254 g/mol. The van der Waals surface area contributed by atoms with E-state index in [1.165, 1.54) is 0 Å². The normalized spacial score (nSPS) is 19.2. The van der Waals surface area contributed by atoms with E-state index >= 15 is 0 Å². The van der Waals surface area contributed by atoms with Gasteiger partial charge in [0.25, 0.3) is 11.5 Å². The number of piperazine rings is 1. The highest BCUT2D eigenvalue weighted by molar-refractivity contribution is 5.94. The molecule has 0 radical (unpaired) electrons. The molecule has 1 aromatic rings. The highest BCUT2D eigenvalue weighted by Gasteiger charge is 2.25. The molecule has 18 heavy (non-hydrogen) atoms. The molecule has 1 atom stereocenters. The largest absolute Gasteiger partial charge is 0.333 e. The lowest BCUT2D eigenvalue weighted by molar-refractivity contribution is 0.0654. The summed E-state index contributed by atoms with van der Waals surface area (Å²) in [4.78, 5) is 28.3. The van der Waals surface area contributed by atoms with Crippen molar-refractivity contribution in [3.8, 4) is 0 Å². The summed E-state index contributed by atoms with van der Waals surface area (Å²) in [6, 6.07) is 3.48. The second-order valence-electron chi connectivity index (χ2n) is 4.44. The minimum absolute atomic E-state index is 0. The second kappa shape index (κ2) is 6.02. The Morgan fingerprint density at radius 3 is 2.78 bits per heavy atom. The van der Waals surface area contributed by atoms with Gasteiger partial charge in [-0.15, -0.1) is 12.4 Å². The molecule has 5 nitrogen and oxygen atoms in total. The lowest BCUT2D eigenvalue weighted by atomic mass is 10.1. The number of aromatic nitrogens is 1. The Morgan fingerprint density at radius 1 is 1.44 bits per heavy atom. The third kappa shape index (κ3) is 2.91. The highest BCUT2D eigenvalue weighted by Crippen LogP contribution is 2.07. The van der Waals surface area contributed by atoms with E-state index in [4.69, 9.17) is 0 Å². The number of carbonyl (C=O) groups excluding carboxylic acids is 1. The van der Waals surface area contributed by atoms with E-state index < -0.39 is 0 Å². The number of H-pyrrole nitrogens is 1. The molecule has 1 amide bonds. The number of nitrogens with one attached hydrogen (secondary N) is 2. The molecule has 0 saturated carbocycles. The molecule has 2 rings (SSSR count). The lowest BCUT2D eigenvalue weighted by Crippen LogP contribution is -2.53. The van der Waals surface area contributed by atoms with Crippen LogP contribution in [0.25, 0.3) is 0 Å². The van der Waals surface area contributed by atoms with E-state index in [0.29, 0.717) is 6.54 Å². The van der Waals surface area contributed by atoms with Crippen LogP contribution in [0.4, 0.5) is 0 Å². The Morgan fingerprint density at radius 2 is 2.17 bits per heavy atom. The maximum absolute atomic E-state index is 12.2. The SMILES string of the molecule is Cc1ccc(C(=O)N2CCNC[C@@H]2C)c(=O)[nH]1.Cl. The maximum atomic E-state index is 12.2. The molecule has 6 heteroatoms. The molecule has 0 aromatic carbocycles. The van der Waals surface area contributed by atoms with Gasteiger partial charge in [-0.25, -0.2) is 0 Å². The van der Waals surface area contributed by atoms with Crippen molar-refractivity contribution in [1.82, 2.24) is 15.2 Å². The van der Waals surface area contributed by atoms with Crippen molar-refractivity contribution in [3.63, 3.8) is 0 Å². The van der Waals surface area contributed by atoms with E-state index in [1.54, 1.807) is 24.0 Å². The molecule has 2 heterocycles. The highest BCUT2D eigenvalue weighted by atomic mass is 35.5. The van der Waals surface area contributed by atoms with Crippen molar-refractivity contribution in [2.24, 2.45) is 0 Å². The van der Waals surface area contributed by atoms with Crippen molar-refractivity contribution in [2.75, 3.05) is 19.6 Å². The van der Waals surface area contributed by atoms with E-state index in [-0.39, 0.29) is 35.5 Å². The number of amides is 1. The van der Waals surface area contributed by atoms with Gasteiger partial charge in [-0.3, -0.25) is 9.59 Å². The molecule has 100 valence electrons. The van der Waals surface area contributed by atoms with Crippen molar-refractivity contribution < 1.29 is 4.79 Å². The van der Waals surface area contributed by atoms with Gasteiger partial charge in [0.1, 0.15) is 5.56 Å². The van der Waals surface area contributed by atoms with Crippen LogP contribution in [0, 0.1) is 6.92 Å². The molecule has 2 N–H and O–H groups in total. The van der Waals surface area contributed by atoms with Crippen LogP contribution in [0.3, 0.4) is 0 Å². The van der Waals surface area contributed by atoms with E-state index in [9.17, 15) is 9.59 Å². The molecule has 1 aliphatic heterocycles. The number of pyridine rings is 1. The van der Waals surface area contributed by atoms with Gasteiger partial charge in [0.2, 0.25) is 0 Å². The summed E-state index contributed by atoms with van der Waals surface area (Å²) in [6.07, 6.45) is 0. The van der Waals surface area contributed by atoms with E-state index in [0.717, 1.165) is 18.8 Å². The Balaban J connectivity index is 0.00000162. The molecule has 0 spiro atoms. The average molecular weight is 272 g/mol. The van der Waals surface area contributed by atoms with Gasteiger partial charge in [-0.1, -0.05) is 0 Å².